The molecule has 0 fully saturated rings. The first-order chi connectivity index (χ1) is 8.71. The van der Waals surface area contributed by atoms with Crippen LogP contribution >= 0.6 is 11.6 Å². The molecule has 0 heterocycles. The van der Waals surface area contributed by atoms with Crippen LogP contribution in [0, 0.1) is 0 Å². The van der Waals surface area contributed by atoms with Gasteiger partial charge in [0.1, 0.15) is 0 Å². The quantitative estimate of drug-likeness (QED) is 0.924. The van der Waals surface area contributed by atoms with Crippen molar-refractivity contribution >= 4 is 23.2 Å². The molecule has 0 atom stereocenters. The lowest BCUT2D eigenvalue weighted by Gasteiger charge is -2.13. The van der Waals surface area contributed by atoms with E-state index in [1.807, 2.05) is 0 Å². The van der Waals surface area contributed by atoms with Crippen LogP contribution in [0.15, 0.2) is 18.2 Å². The Balaban J connectivity index is 2.70. The molecule has 0 bridgehead atoms. The van der Waals surface area contributed by atoms with Crippen molar-refractivity contribution in [1.82, 2.24) is 4.90 Å². The smallest absolute Gasteiger partial charge is 0.383 e. The highest BCUT2D eigenvalue weighted by Gasteiger charge is 2.30. The molecule has 3 nitrogen and oxygen atoms in total. The van der Waals surface area contributed by atoms with Crippen LogP contribution in [0.1, 0.15) is 12.0 Å². The van der Waals surface area contributed by atoms with E-state index in [4.69, 9.17) is 11.6 Å². The predicted molar refractivity (Wildman–Crippen MR) is 68.3 cm³/mol. The highest BCUT2D eigenvalue weighted by molar-refractivity contribution is 6.33. The van der Waals surface area contributed by atoms with Crippen molar-refractivity contribution in [1.29, 1.82) is 0 Å². The Hall–Kier alpha value is -1.43. The second-order valence-corrected chi connectivity index (χ2v) is 4.56. The Morgan fingerprint density at radius 2 is 2.00 bits per heavy atom. The van der Waals surface area contributed by atoms with Gasteiger partial charge in [-0.25, -0.2) is 0 Å². The molecule has 7 heteroatoms. The molecule has 0 unspecified atom stereocenters. The number of carbonyl (C=O) groups is 1. The Morgan fingerprint density at radius 1 is 1.37 bits per heavy atom. The summed E-state index contributed by atoms with van der Waals surface area (Å²) in [6.45, 7) is 0.220. The predicted octanol–water partition coefficient (Wildman–Crippen LogP) is 3.25. The van der Waals surface area contributed by atoms with Gasteiger partial charge in [0, 0.05) is 27.1 Å². The van der Waals surface area contributed by atoms with Crippen LogP contribution < -0.4 is 5.32 Å². The molecule has 0 aliphatic rings. The average Bonchev–Trinajstić information content (AvgIpc) is 2.29. The van der Waals surface area contributed by atoms with Gasteiger partial charge in [0.15, 0.2) is 0 Å². The van der Waals surface area contributed by atoms with Crippen LogP contribution in [0.2, 0.25) is 5.02 Å². The second-order valence-electron chi connectivity index (χ2n) is 4.16. The number of hydrogen-bond donors (Lipinski definition) is 1. The van der Waals surface area contributed by atoms with Crippen molar-refractivity contribution in [3.63, 3.8) is 0 Å². The Labute approximate surface area is 114 Å². The van der Waals surface area contributed by atoms with Crippen LogP contribution in [0.25, 0.3) is 0 Å². The Morgan fingerprint density at radius 3 is 2.53 bits per heavy atom. The highest BCUT2D eigenvalue weighted by atomic mass is 35.5. The topological polar surface area (TPSA) is 32.3 Å². The van der Waals surface area contributed by atoms with Crippen LogP contribution in [0.4, 0.5) is 18.9 Å². The van der Waals surface area contributed by atoms with Crippen LogP contribution in [-0.2, 0) is 11.0 Å². The van der Waals surface area contributed by atoms with Crippen LogP contribution in [-0.4, -0.2) is 31.4 Å². The van der Waals surface area contributed by atoms with Gasteiger partial charge in [0.25, 0.3) is 0 Å². The molecule has 1 rings (SSSR count). The first kappa shape index (κ1) is 15.6. The van der Waals surface area contributed by atoms with E-state index >= 15 is 0 Å². The zero-order chi connectivity index (χ0) is 14.6. The fraction of sp³-hybridized carbons (Fsp3) is 0.417. The van der Waals surface area contributed by atoms with E-state index in [0.717, 1.165) is 12.1 Å². The summed E-state index contributed by atoms with van der Waals surface area (Å²) in [5.74, 6) is -0.115. The molecule has 106 valence electrons. The molecular weight excluding hydrogens is 281 g/mol. The second kappa shape index (κ2) is 6.14. The van der Waals surface area contributed by atoms with Gasteiger partial charge in [-0.2, -0.15) is 13.2 Å². The van der Waals surface area contributed by atoms with Gasteiger partial charge in [-0.3, -0.25) is 4.79 Å². The van der Waals surface area contributed by atoms with E-state index in [9.17, 15) is 18.0 Å². The van der Waals surface area contributed by atoms with E-state index < -0.39 is 11.7 Å². The molecule has 0 aromatic heterocycles. The molecule has 0 saturated carbocycles. The molecule has 0 radical (unpaired) electrons. The van der Waals surface area contributed by atoms with E-state index in [2.05, 4.69) is 5.32 Å². The maximum atomic E-state index is 12.5. The average molecular weight is 295 g/mol. The van der Waals surface area contributed by atoms with Gasteiger partial charge in [-0.1, -0.05) is 11.6 Å². The van der Waals surface area contributed by atoms with E-state index in [-0.39, 0.29) is 29.6 Å². The number of anilines is 1. The third-order valence-corrected chi connectivity index (χ3v) is 2.78. The molecule has 19 heavy (non-hydrogen) atoms. The number of rotatable bonds is 4. The normalized spacial score (nSPS) is 11.3. The number of nitrogens with one attached hydrogen (secondary N) is 1. The van der Waals surface area contributed by atoms with Gasteiger partial charge >= 0.3 is 6.18 Å². The SMILES string of the molecule is CN(C)C(=O)CCNc1cc(C(F)(F)F)ccc1Cl. The van der Waals surface area contributed by atoms with Gasteiger partial charge in [-0.15, -0.1) is 0 Å². The standard InChI is InChI=1S/C12H14ClF3N2O/c1-18(2)11(19)5-6-17-10-7-8(12(14,15)16)3-4-9(10)13/h3-4,7,17H,5-6H2,1-2H3. The maximum absolute atomic E-state index is 12.5. The fourth-order valence-corrected chi connectivity index (χ4v) is 1.55. The lowest BCUT2D eigenvalue weighted by molar-refractivity contribution is -0.137. The third-order valence-electron chi connectivity index (χ3n) is 2.45. The van der Waals surface area contributed by atoms with Gasteiger partial charge in [0.05, 0.1) is 16.3 Å². The summed E-state index contributed by atoms with van der Waals surface area (Å²) in [7, 11) is 3.22. The molecule has 0 saturated heterocycles. The molecule has 1 aromatic carbocycles. The van der Waals surface area contributed by atoms with Crippen molar-refractivity contribution in [3.05, 3.63) is 28.8 Å². The molecule has 1 amide bonds. The summed E-state index contributed by atoms with van der Waals surface area (Å²) >= 11 is 5.80. The lowest BCUT2D eigenvalue weighted by Crippen LogP contribution is -2.24. The summed E-state index contributed by atoms with van der Waals surface area (Å²) in [6.07, 6.45) is -4.24. The first-order valence-corrected chi connectivity index (χ1v) is 5.90. The number of nitrogens with zero attached hydrogens (tertiary/aromatic N) is 1. The molecule has 0 spiro atoms. The number of halogens is 4. The van der Waals surface area contributed by atoms with E-state index in [1.165, 1.54) is 11.0 Å². The number of alkyl halides is 3. The minimum atomic E-state index is -4.42. The molecule has 1 N–H and O–H groups in total. The Kier molecular flexibility index (Phi) is 5.05. The summed E-state index contributed by atoms with van der Waals surface area (Å²) in [4.78, 5) is 12.7. The summed E-state index contributed by atoms with van der Waals surface area (Å²) in [6, 6.07) is 3.03. The molecular formula is C12H14ClF3N2O. The zero-order valence-electron chi connectivity index (χ0n) is 10.5. The number of hydrogen-bond acceptors (Lipinski definition) is 2. The van der Waals surface area contributed by atoms with Crippen molar-refractivity contribution in [2.75, 3.05) is 26.0 Å². The highest BCUT2D eigenvalue weighted by Crippen LogP contribution is 2.33. The van der Waals surface area contributed by atoms with Crippen LogP contribution in [0.3, 0.4) is 0 Å². The summed E-state index contributed by atoms with van der Waals surface area (Å²) < 4.78 is 37.6. The Bertz CT molecular complexity index is 461. The first-order valence-electron chi connectivity index (χ1n) is 5.52. The summed E-state index contributed by atoms with van der Waals surface area (Å²) in [5, 5.41) is 2.92. The number of carbonyl (C=O) groups excluding carboxylic acids is 1. The molecule has 1 aromatic rings. The van der Waals surface area contributed by atoms with Gasteiger partial charge in [0.2, 0.25) is 5.91 Å². The monoisotopic (exact) mass is 294 g/mol. The van der Waals surface area contributed by atoms with E-state index in [1.54, 1.807) is 14.1 Å². The molecule has 0 aliphatic carbocycles. The summed E-state index contributed by atoms with van der Waals surface area (Å²) in [5.41, 5.74) is -0.610. The molecule has 0 aliphatic heterocycles. The van der Waals surface area contributed by atoms with Crippen molar-refractivity contribution in [2.24, 2.45) is 0 Å². The minimum Gasteiger partial charge on any atom is -0.383 e. The number of benzene rings is 1. The van der Waals surface area contributed by atoms with Gasteiger partial charge in [-0.05, 0) is 18.2 Å². The van der Waals surface area contributed by atoms with Crippen molar-refractivity contribution in [3.8, 4) is 0 Å². The van der Waals surface area contributed by atoms with Gasteiger partial charge < -0.3 is 10.2 Å². The minimum absolute atomic E-state index is 0.115. The zero-order valence-corrected chi connectivity index (χ0v) is 11.3. The fourth-order valence-electron chi connectivity index (χ4n) is 1.36. The maximum Gasteiger partial charge on any atom is 0.416 e. The van der Waals surface area contributed by atoms with Crippen molar-refractivity contribution in [2.45, 2.75) is 12.6 Å². The largest absolute Gasteiger partial charge is 0.416 e. The number of amides is 1. The van der Waals surface area contributed by atoms with Crippen molar-refractivity contribution < 1.29 is 18.0 Å². The van der Waals surface area contributed by atoms with E-state index in [0.29, 0.717) is 0 Å². The van der Waals surface area contributed by atoms with Crippen LogP contribution in [0.5, 0.6) is 0 Å². The lowest BCUT2D eigenvalue weighted by atomic mass is 10.2. The third kappa shape index (κ3) is 4.63.